The van der Waals surface area contributed by atoms with Crippen LogP contribution in [-0.2, 0) is 28.6 Å². The van der Waals surface area contributed by atoms with E-state index in [1.165, 1.54) is 20.8 Å². The van der Waals surface area contributed by atoms with Gasteiger partial charge in [0.05, 0.1) is 6.61 Å². The Labute approximate surface area is 166 Å². The molecular formula is C17H27F3N2O7. The molecule has 0 radical (unpaired) electrons. The second-order valence-corrected chi connectivity index (χ2v) is 7.25. The molecule has 9 nitrogen and oxygen atoms in total. The highest BCUT2D eigenvalue weighted by Gasteiger charge is 2.49. The van der Waals surface area contributed by atoms with Crippen LogP contribution in [0.4, 0.5) is 18.0 Å². The van der Waals surface area contributed by atoms with Crippen LogP contribution in [0.5, 0.6) is 0 Å². The number of hydrogen-bond donors (Lipinski definition) is 2. The van der Waals surface area contributed by atoms with Crippen LogP contribution in [0.15, 0.2) is 0 Å². The standard InChI is InChI=1S/C17H27F3N2O7/c1-7-27-10(23)8-21-13(24)12(17(18,19)20)28-14(25)11(9(2)3)22-15(26)29-16(4,5)6/h9,11-12H,7-8H2,1-6H3,(H,21,24)(H,22,26)/t11-,12?/m0/s1. The van der Waals surface area contributed by atoms with Gasteiger partial charge in [-0.05, 0) is 33.6 Å². The molecule has 2 atom stereocenters. The topological polar surface area (TPSA) is 120 Å². The Kier molecular flexibility index (Phi) is 9.91. The van der Waals surface area contributed by atoms with Crippen molar-refractivity contribution >= 4 is 23.9 Å². The van der Waals surface area contributed by atoms with Crippen molar-refractivity contribution in [1.29, 1.82) is 0 Å². The van der Waals surface area contributed by atoms with E-state index in [-0.39, 0.29) is 6.61 Å². The minimum Gasteiger partial charge on any atom is -0.465 e. The van der Waals surface area contributed by atoms with Gasteiger partial charge < -0.3 is 24.8 Å². The molecule has 0 aromatic carbocycles. The van der Waals surface area contributed by atoms with E-state index in [1.807, 2.05) is 0 Å². The number of alkyl halides is 3. The molecule has 2 N–H and O–H groups in total. The van der Waals surface area contributed by atoms with Crippen LogP contribution in [-0.4, -0.2) is 61.0 Å². The zero-order chi connectivity index (χ0) is 23.0. The number of carbonyl (C=O) groups excluding carboxylic acids is 4. The van der Waals surface area contributed by atoms with Crippen LogP contribution in [0.1, 0.15) is 41.5 Å². The summed E-state index contributed by atoms with van der Waals surface area (Å²) in [7, 11) is 0. The molecule has 0 bridgehead atoms. The van der Waals surface area contributed by atoms with Gasteiger partial charge in [0.2, 0.25) is 0 Å². The van der Waals surface area contributed by atoms with Gasteiger partial charge in [0.1, 0.15) is 18.2 Å². The molecule has 0 aromatic rings. The van der Waals surface area contributed by atoms with Gasteiger partial charge in [-0.15, -0.1) is 0 Å². The summed E-state index contributed by atoms with van der Waals surface area (Å²) in [6.07, 6.45) is -9.46. The molecule has 0 fully saturated rings. The summed E-state index contributed by atoms with van der Waals surface area (Å²) >= 11 is 0. The second kappa shape index (κ2) is 10.9. The number of ether oxygens (including phenoxy) is 3. The minimum atomic E-state index is -5.25. The van der Waals surface area contributed by atoms with Gasteiger partial charge in [-0.25, -0.2) is 9.59 Å². The van der Waals surface area contributed by atoms with Crippen molar-refractivity contribution in [2.75, 3.05) is 13.2 Å². The van der Waals surface area contributed by atoms with E-state index in [4.69, 9.17) is 4.74 Å². The average Bonchev–Trinajstić information content (AvgIpc) is 2.52. The smallest absolute Gasteiger partial charge is 0.434 e. The largest absolute Gasteiger partial charge is 0.465 e. The highest BCUT2D eigenvalue weighted by Crippen LogP contribution is 2.24. The van der Waals surface area contributed by atoms with Crippen LogP contribution in [0.3, 0.4) is 0 Å². The minimum absolute atomic E-state index is 0.0290. The lowest BCUT2D eigenvalue weighted by Gasteiger charge is -2.26. The monoisotopic (exact) mass is 428 g/mol. The van der Waals surface area contributed by atoms with Crippen LogP contribution < -0.4 is 10.6 Å². The van der Waals surface area contributed by atoms with Crippen molar-refractivity contribution in [3.05, 3.63) is 0 Å². The zero-order valence-electron chi connectivity index (χ0n) is 17.1. The Morgan fingerprint density at radius 3 is 2.00 bits per heavy atom. The average molecular weight is 428 g/mol. The number of hydrogen-bond acceptors (Lipinski definition) is 7. The molecule has 0 saturated carbocycles. The molecule has 0 saturated heterocycles. The van der Waals surface area contributed by atoms with Crippen molar-refractivity contribution in [2.45, 2.75) is 65.5 Å². The number of amides is 2. The van der Waals surface area contributed by atoms with Gasteiger partial charge in [-0.1, -0.05) is 13.8 Å². The Morgan fingerprint density at radius 2 is 1.59 bits per heavy atom. The normalized spacial score (nSPS) is 13.9. The summed E-state index contributed by atoms with van der Waals surface area (Å²) in [5.41, 5.74) is -0.906. The number of esters is 2. The third-order valence-electron chi connectivity index (χ3n) is 3.07. The second-order valence-electron chi connectivity index (χ2n) is 7.25. The van der Waals surface area contributed by atoms with Gasteiger partial charge in [0.15, 0.2) is 0 Å². The predicted octanol–water partition coefficient (Wildman–Crippen LogP) is 1.69. The highest BCUT2D eigenvalue weighted by atomic mass is 19.4. The molecular weight excluding hydrogens is 401 g/mol. The first-order valence-electron chi connectivity index (χ1n) is 8.78. The maximum absolute atomic E-state index is 13.2. The maximum atomic E-state index is 13.2. The van der Waals surface area contributed by atoms with Crippen molar-refractivity contribution in [2.24, 2.45) is 5.92 Å². The van der Waals surface area contributed by atoms with E-state index in [1.54, 1.807) is 26.1 Å². The van der Waals surface area contributed by atoms with Gasteiger partial charge >= 0.3 is 24.2 Å². The van der Waals surface area contributed by atoms with Crippen molar-refractivity contribution in [3.8, 4) is 0 Å². The molecule has 2 amide bonds. The third-order valence-corrected chi connectivity index (χ3v) is 3.07. The summed E-state index contributed by atoms with van der Waals surface area (Å²) in [5.74, 6) is -4.87. The molecule has 0 aliphatic rings. The molecule has 0 aliphatic heterocycles. The Balaban J connectivity index is 5.23. The van der Waals surface area contributed by atoms with Crippen LogP contribution in [0, 0.1) is 5.92 Å². The highest BCUT2D eigenvalue weighted by molar-refractivity contribution is 5.89. The Bertz CT molecular complexity index is 601. The van der Waals surface area contributed by atoms with E-state index >= 15 is 0 Å². The molecule has 0 heterocycles. The molecule has 168 valence electrons. The van der Waals surface area contributed by atoms with Crippen molar-refractivity contribution in [1.82, 2.24) is 10.6 Å². The summed E-state index contributed by atoms with van der Waals surface area (Å²) < 4.78 is 53.3. The van der Waals surface area contributed by atoms with Crippen LogP contribution >= 0.6 is 0 Å². The SMILES string of the molecule is CCOC(=O)CNC(=O)C(OC(=O)[C@@H](NC(=O)OC(C)(C)C)C(C)C)C(F)(F)F. The van der Waals surface area contributed by atoms with Crippen molar-refractivity contribution in [3.63, 3.8) is 0 Å². The summed E-state index contributed by atoms with van der Waals surface area (Å²) in [6, 6.07) is -1.51. The molecule has 0 aliphatic carbocycles. The molecule has 12 heteroatoms. The number of halogens is 3. The number of nitrogens with one attached hydrogen (secondary N) is 2. The Morgan fingerprint density at radius 1 is 1.03 bits per heavy atom. The molecule has 0 rings (SSSR count). The zero-order valence-corrected chi connectivity index (χ0v) is 17.1. The quantitative estimate of drug-likeness (QED) is 0.446. The fraction of sp³-hybridized carbons (Fsp3) is 0.765. The number of alkyl carbamates (subject to hydrolysis) is 1. The predicted molar refractivity (Wildman–Crippen MR) is 93.6 cm³/mol. The van der Waals surface area contributed by atoms with E-state index in [0.29, 0.717) is 0 Å². The first-order chi connectivity index (χ1) is 13.1. The van der Waals surface area contributed by atoms with Crippen LogP contribution in [0.2, 0.25) is 0 Å². The van der Waals surface area contributed by atoms with Gasteiger partial charge in [0.25, 0.3) is 12.0 Å². The molecule has 0 aromatic heterocycles. The van der Waals surface area contributed by atoms with Gasteiger partial charge in [-0.3, -0.25) is 9.59 Å². The lowest BCUT2D eigenvalue weighted by molar-refractivity contribution is -0.221. The molecule has 29 heavy (non-hydrogen) atoms. The summed E-state index contributed by atoms with van der Waals surface area (Å²) in [5, 5.41) is 3.82. The van der Waals surface area contributed by atoms with E-state index in [0.717, 1.165) is 0 Å². The first kappa shape index (κ1) is 26.5. The number of carbonyl (C=O) groups is 4. The van der Waals surface area contributed by atoms with Gasteiger partial charge in [0, 0.05) is 0 Å². The Hall–Kier alpha value is -2.53. The van der Waals surface area contributed by atoms with E-state index < -0.39 is 60.3 Å². The summed E-state index contributed by atoms with van der Waals surface area (Å²) in [4.78, 5) is 47.1. The van der Waals surface area contributed by atoms with E-state index in [2.05, 4.69) is 14.8 Å². The molecule has 1 unspecified atom stereocenters. The lowest BCUT2D eigenvalue weighted by Crippen LogP contribution is -2.53. The van der Waals surface area contributed by atoms with E-state index in [9.17, 15) is 32.3 Å². The maximum Gasteiger partial charge on any atom is 0.434 e. The van der Waals surface area contributed by atoms with Crippen molar-refractivity contribution < 1.29 is 46.6 Å². The lowest BCUT2D eigenvalue weighted by atomic mass is 10.0. The molecule has 0 spiro atoms. The third kappa shape index (κ3) is 10.5. The van der Waals surface area contributed by atoms with Gasteiger partial charge in [-0.2, -0.15) is 13.2 Å². The van der Waals surface area contributed by atoms with Crippen LogP contribution in [0.25, 0.3) is 0 Å². The summed E-state index contributed by atoms with van der Waals surface area (Å²) in [6.45, 7) is 8.19. The number of rotatable bonds is 8. The fourth-order valence-electron chi connectivity index (χ4n) is 1.85. The first-order valence-corrected chi connectivity index (χ1v) is 8.78. The fourth-order valence-corrected chi connectivity index (χ4v) is 1.85.